The number of rotatable bonds is 2. The van der Waals surface area contributed by atoms with Crippen molar-refractivity contribution in [2.45, 2.75) is 13.5 Å². The summed E-state index contributed by atoms with van der Waals surface area (Å²) < 4.78 is 5.05. The van der Waals surface area contributed by atoms with E-state index in [1.807, 2.05) is 19.1 Å². The van der Waals surface area contributed by atoms with Crippen LogP contribution in [0.5, 0.6) is 0 Å². The maximum atomic E-state index is 5.99. The van der Waals surface area contributed by atoms with E-state index in [0.717, 1.165) is 22.2 Å². The Bertz CT molecular complexity index is 499. The lowest BCUT2D eigenvalue weighted by Crippen LogP contribution is -1.92. The van der Waals surface area contributed by atoms with Crippen LogP contribution in [0.3, 0.4) is 0 Å². The first kappa shape index (κ1) is 10.3. The summed E-state index contributed by atoms with van der Waals surface area (Å²) >= 11 is 5.99. The number of methoxy groups -OCH3 is 1. The lowest BCUT2D eigenvalue weighted by Gasteiger charge is -2.04. The van der Waals surface area contributed by atoms with Crippen molar-refractivity contribution in [2.75, 3.05) is 7.11 Å². The smallest absolute Gasteiger partial charge is 0.155 e. The molecule has 0 amide bonds. The molecule has 0 bridgehead atoms. The molecule has 0 aromatic carbocycles. The number of halogens is 1. The molecule has 0 radical (unpaired) electrons. The van der Waals surface area contributed by atoms with Crippen LogP contribution < -0.4 is 0 Å². The molecule has 2 aromatic rings. The molecule has 2 rings (SSSR count). The first-order valence-electron chi connectivity index (χ1n) is 4.61. The molecule has 0 aliphatic heterocycles. The van der Waals surface area contributed by atoms with Crippen molar-refractivity contribution in [3.8, 4) is 0 Å². The minimum atomic E-state index is 0.453. The number of aryl methyl sites for hydroxylation is 1. The van der Waals surface area contributed by atoms with E-state index in [0.29, 0.717) is 11.8 Å². The molecule has 0 aliphatic carbocycles. The van der Waals surface area contributed by atoms with Gasteiger partial charge < -0.3 is 4.74 Å². The maximum absolute atomic E-state index is 5.99. The summed E-state index contributed by atoms with van der Waals surface area (Å²) in [5, 5.41) is 1.45. The number of hydrogen-bond acceptors (Lipinski definition) is 3. The highest BCUT2D eigenvalue weighted by molar-refractivity contribution is 6.33. The Hall–Kier alpha value is -1.19. The maximum Gasteiger partial charge on any atom is 0.155 e. The highest BCUT2D eigenvalue weighted by Crippen LogP contribution is 2.21. The molecular formula is C11H11ClN2O. The Morgan fingerprint density at radius 3 is 2.93 bits per heavy atom. The fraction of sp³-hybridized carbons (Fsp3) is 0.273. The Morgan fingerprint density at radius 1 is 1.40 bits per heavy atom. The van der Waals surface area contributed by atoms with E-state index in [1.165, 1.54) is 0 Å². The van der Waals surface area contributed by atoms with Crippen molar-refractivity contribution in [1.29, 1.82) is 0 Å². The van der Waals surface area contributed by atoms with Crippen LogP contribution in [0.15, 0.2) is 18.3 Å². The zero-order valence-corrected chi connectivity index (χ0v) is 9.38. The summed E-state index contributed by atoms with van der Waals surface area (Å²) in [7, 11) is 1.66. The predicted molar refractivity (Wildman–Crippen MR) is 60.0 cm³/mol. The van der Waals surface area contributed by atoms with Gasteiger partial charge in [-0.2, -0.15) is 0 Å². The minimum absolute atomic E-state index is 0.453. The monoisotopic (exact) mass is 222 g/mol. The van der Waals surface area contributed by atoms with Gasteiger partial charge >= 0.3 is 0 Å². The van der Waals surface area contributed by atoms with Gasteiger partial charge in [-0.15, -0.1) is 0 Å². The van der Waals surface area contributed by atoms with Gasteiger partial charge in [0.05, 0.1) is 6.61 Å². The van der Waals surface area contributed by atoms with Crippen LogP contribution in [0.1, 0.15) is 11.3 Å². The third-order valence-corrected chi connectivity index (χ3v) is 2.38. The lowest BCUT2D eigenvalue weighted by molar-refractivity contribution is 0.185. The van der Waals surface area contributed by atoms with Crippen LogP contribution in [-0.4, -0.2) is 17.1 Å². The second-order valence-electron chi connectivity index (χ2n) is 3.40. The van der Waals surface area contributed by atoms with E-state index < -0.39 is 0 Å². The van der Waals surface area contributed by atoms with E-state index in [1.54, 1.807) is 13.3 Å². The molecule has 3 nitrogen and oxygen atoms in total. The molecule has 4 heteroatoms. The van der Waals surface area contributed by atoms with Crippen LogP contribution in [0.2, 0.25) is 5.15 Å². The van der Waals surface area contributed by atoms with E-state index in [-0.39, 0.29) is 0 Å². The minimum Gasteiger partial charge on any atom is -0.380 e. The van der Waals surface area contributed by atoms with Gasteiger partial charge in [0, 0.05) is 24.4 Å². The van der Waals surface area contributed by atoms with Crippen molar-refractivity contribution in [3.63, 3.8) is 0 Å². The number of pyridine rings is 2. The summed E-state index contributed by atoms with van der Waals surface area (Å²) in [5.74, 6) is 0. The predicted octanol–water partition coefficient (Wildman–Crippen LogP) is 2.74. The molecular weight excluding hydrogens is 212 g/mol. The van der Waals surface area contributed by atoms with Gasteiger partial charge in [-0.05, 0) is 24.6 Å². The summed E-state index contributed by atoms with van der Waals surface area (Å²) in [5.41, 5.74) is 2.66. The van der Waals surface area contributed by atoms with Gasteiger partial charge in [-0.25, -0.2) is 4.98 Å². The van der Waals surface area contributed by atoms with Crippen molar-refractivity contribution in [2.24, 2.45) is 0 Å². The van der Waals surface area contributed by atoms with Gasteiger partial charge in [0.1, 0.15) is 5.52 Å². The number of hydrogen-bond donors (Lipinski definition) is 0. The summed E-state index contributed by atoms with van der Waals surface area (Å²) in [4.78, 5) is 8.42. The third kappa shape index (κ3) is 2.08. The molecule has 0 N–H and O–H groups in total. The Kier molecular flexibility index (Phi) is 2.84. The highest BCUT2D eigenvalue weighted by Gasteiger charge is 2.04. The number of aromatic nitrogens is 2. The fourth-order valence-corrected chi connectivity index (χ4v) is 1.81. The SMILES string of the molecule is COCc1cnc2c(Cl)nc(C)cc2c1. The van der Waals surface area contributed by atoms with Crippen molar-refractivity contribution >= 4 is 22.5 Å². The summed E-state index contributed by atoms with van der Waals surface area (Å²) in [6.07, 6.45) is 1.76. The van der Waals surface area contributed by atoms with Crippen LogP contribution in [0, 0.1) is 6.92 Å². The largest absolute Gasteiger partial charge is 0.380 e. The Balaban J connectivity index is 2.60. The summed E-state index contributed by atoms with van der Waals surface area (Å²) in [6.45, 7) is 2.47. The molecule has 2 heterocycles. The Labute approximate surface area is 93.1 Å². The molecule has 0 unspecified atom stereocenters. The number of ether oxygens (including phenoxy) is 1. The second-order valence-corrected chi connectivity index (χ2v) is 3.76. The Morgan fingerprint density at radius 2 is 2.20 bits per heavy atom. The van der Waals surface area contributed by atoms with E-state index >= 15 is 0 Å². The third-order valence-electron chi connectivity index (χ3n) is 2.12. The first-order valence-corrected chi connectivity index (χ1v) is 4.99. The quantitative estimate of drug-likeness (QED) is 0.733. The first-order chi connectivity index (χ1) is 7.20. The van der Waals surface area contributed by atoms with Crippen LogP contribution >= 0.6 is 11.6 Å². The molecule has 0 saturated carbocycles. The molecule has 2 aromatic heterocycles. The molecule has 15 heavy (non-hydrogen) atoms. The molecule has 78 valence electrons. The number of nitrogens with zero attached hydrogens (tertiary/aromatic N) is 2. The van der Waals surface area contributed by atoms with Crippen LogP contribution in [0.25, 0.3) is 10.9 Å². The van der Waals surface area contributed by atoms with Crippen molar-refractivity contribution in [3.05, 3.63) is 34.7 Å². The van der Waals surface area contributed by atoms with Gasteiger partial charge in [-0.3, -0.25) is 4.98 Å². The second kappa shape index (κ2) is 4.13. The topological polar surface area (TPSA) is 35.0 Å². The van der Waals surface area contributed by atoms with Crippen molar-refractivity contribution < 1.29 is 4.74 Å². The average Bonchev–Trinajstić information content (AvgIpc) is 2.17. The van der Waals surface area contributed by atoms with Gasteiger partial charge in [0.25, 0.3) is 0 Å². The van der Waals surface area contributed by atoms with Gasteiger partial charge in [0.2, 0.25) is 0 Å². The zero-order chi connectivity index (χ0) is 10.8. The van der Waals surface area contributed by atoms with E-state index in [9.17, 15) is 0 Å². The van der Waals surface area contributed by atoms with E-state index in [4.69, 9.17) is 16.3 Å². The van der Waals surface area contributed by atoms with Gasteiger partial charge in [0.15, 0.2) is 5.15 Å². The molecule has 0 atom stereocenters. The molecule has 0 aliphatic rings. The number of fused-ring (bicyclic) bond motifs is 1. The van der Waals surface area contributed by atoms with Gasteiger partial charge in [-0.1, -0.05) is 11.6 Å². The molecule has 0 saturated heterocycles. The average molecular weight is 223 g/mol. The molecule has 0 spiro atoms. The van der Waals surface area contributed by atoms with Crippen LogP contribution in [-0.2, 0) is 11.3 Å². The fourth-order valence-electron chi connectivity index (χ4n) is 1.52. The highest BCUT2D eigenvalue weighted by atomic mass is 35.5. The van der Waals surface area contributed by atoms with Crippen LogP contribution in [0.4, 0.5) is 0 Å². The molecule has 0 fully saturated rings. The summed E-state index contributed by atoms with van der Waals surface area (Å²) in [6, 6.07) is 3.99. The van der Waals surface area contributed by atoms with Crippen molar-refractivity contribution in [1.82, 2.24) is 9.97 Å². The zero-order valence-electron chi connectivity index (χ0n) is 8.62. The van der Waals surface area contributed by atoms with E-state index in [2.05, 4.69) is 9.97 Å². The standard InChI is InChI=1S/C11H11ClN2O/c1-7-3-9-4-8(6-15-2)5-13-10(9)11(12)14-7/h3-5H,6H2,1-2H3. The lowest BCUT2D eigenvalue weighted by atomic mass is 10.2. The normalized spacial score (nSPS) is 10.9.